The maximum atomic E-state index is 9.09. The summed E-state index contributed by atoms with van der Waals surface area (Å²) in [4.78, 5) is 0. The third-order valence-corrected chi connectivity index (χ3v) is 2.21. The molecule has 15 heavy (non-hydrogen) atoms. The van der Waals surface area contributed by atoms with Crippen LogP contribution in [0.5, 0.6) is 0 Å². The minimum Gasteiger partial charge on any atom is -0.287 e. The number of nitrogen functional groups attached to an aromatic ring is 1. The van der Waals surface area contributed by atoms with Gasteiger partial charge in [0.05, 0.1) is 18.3 Å². The van der Waals surface area contributed by atoms with Crippen LogP contribution in [-0.4, -0.2) is 5.21 Å². The fraction of sp³-hybridized carbons (Fsp3) is 0.0909. The lowest BCUT2D eigenvalue weighted by atomic mass is 10.3. The molecule has 0 saturated heterocycles. The highest BCUT2D eigenvalue weighted by atomic mass is 16.5. The van der Waals surface area contributed by atoms with Crippen LogP contribution in [0.4, 0.5) is 5.82 Å². The number of rotatable bonds is 1. The number of hydrogen-bond donors (Lipinski definition) is 2. The molecule has 0 bridgehead atoms. The maximum absolute atomic E-state index is 9.09. The number of aryl methyl sites for hydroxylation is 1. The third kappa shape index (κ3) is 1.88. The first-order chi connectivity index (χ1) is 7.16. The molecule has 0 aromatic carbocycles. The van der Waals surface area contributed by atoms with Crippen molar-refractivity contribution in [2.75, 3.05) is 5.73 Å². The van der Waals surface area contributed by atoms with Crippen LogP contribution in [0.3, 0.4) is 0 Å². The number of hydrogen-bond acceptors (Lipinski definition) is 2. The molecule has 0 saturated carbocycles. The van der Waals surface area contributed by atoms with Crippen molar-refractivity contribution in [3.63, 3.8) is 0 Å². The molecular formula is C11H13N3O+2. The first-order valence-electron chi connectivity index (χ1n) is 4.65. The Morgan fingerprint density at radius 2 is 1.80 bits per heavy atom. The molecule has 2 aromatic heterocycles. The summed E-state index contributed by atoms with van der Waals surface area (Å²) in [6, 6.07) is 7.45. The van der Waals surface area contributed by atoms with E-state index in [1.54, 1.807) is 24.5 Å². The SMILES string of the molecule is Cc1cc[n+](-c2cc[n+](O)cc2)c(N)c1. The summed E-state index contributed by atoms with van der Waals surface area (Å²) in [6.45, 7) is 1.99. The first-order valence-corrected chi connectivity index (χ1v) is 4.65. The normalized spacial score (nSPS) is 10.2. The molecule has 0 spiro atoms. The van der Waals surface area contributed by atoms with Gasteiger partial charge in [0.1, 0.15) is 5.69 Å². The summed E-state index contributed by atoms with van der Waals surface area (Å²) >= 11 is 0. The topological polar surface area (TPSA) is 54.0 Å². The van der Waals surface area contributed by atoms with Gasteiger partial charge < -0.3 is 0 Å². The summed E-state index contributed by atoms with van der Waals surface area (Å²) < 4.78 is 2.85. The summed E-state index contributed by atoms with van der Waals surface area (Å²) in [7, 11) is 0. The lowest BCUT2D eigenvalue weighted by Crippen LogP contribution is -2.36. The molecule has 2 rings (SSSR count). The third-order valence-electron chi connectivity index (χ3n) is 2.21. The Kier molecular flexibility index (Phi) is 2.25. The van der Waals surface area contributed by atoms with Crippen molar-refractivity contribution in [1.29, 1.82) is 0 Å². The Morgan fingerprint density at radius 3 is 2.40 bits per heavy atom. The van der Waals surface area contributed by atoms with Crippen LogP contribution < -0.4 is 15.0 Å². The average Bonchev–Trinajstić information content (AvgIpc) is 2.20. The number of nitrogens with two attached hydrogens (primary N) is 1. The maximum Gasteiger partial charge on any atom is 0.277 e. The summed E-state index contributed by atoms with van der Waals surface area (Å²) in [6.07, 6.45) is 5.02. The van der Waals surface area contributed by atoms with Crippen molar-refractivity contribution in [3.05, 3.63) is 48.4 Å². The van der Waals surface area contributed by atoms with Gasteiger partial charge in [0.25, 0.3) is 5.82 Å². The van der Waals surface area contributed by atoms with Crippen LogP contribution in [0.1, 0.15) is 5.56 Å². The second-order valence-corrected chi connectivity index (χ2v) is 3.44. The van der Waals surface area contributed by atoms with Gasteiger partial charge in [0, 0.05) is 10.8 Å². The van der Waals surface area contributed by atoms with Gasteiger partial charge >= 0.3 is 0 Å². The Bertz CT molecular complexity index is 480. The van der Waals surface area contributed by atoms with Gasteiger partial charge in [0.2, 0.25) is 12.4 Å². The molecule has 3 N–H and O–H groups in total. The van der Waals surface area contributed by atoms with Gasteiger partial charge in [0.15, 0.2) is 0 Å². The Morgan fingerprint density at radius 1 is 1.13 bits per heavy atom. The van der Waals surface area contributed by atoms with E-state index in [1.807, 2.05) is 29.8 Å². The van der Waals surface area contributed by atoms with Crippen LogP contribution >= 0.6 is 0 Å². The monoisotopic (exact) mass is 203 g/mol. The quantitative estimate of drug-likeness (QED) is 0.520. The van der Waals surface area contributed by atoms with Crippen LogP contribution in [-0.2, 0) is 0 Å². The predicted molar refractivity (Wildman–Crippen MR) is 54.5 cm³/mol. The van der Waals surface area contributed by atoms with Crippen LogP contribution in [0.2, 0.25) is 0 Å². The zero-order valence-corrected chi connectivity index (χ0v) is 8.46. The van der Waals surface area contributed by atoms with Gasteiger partial charge in [-0.2, -0.15) is 4.57 Å². The van der Waals surface area contributed by atoms with Crippen molar-refractivity contribution in [1.82, 2.24) is 0 Å². The number of pyridine rings is 2. The number of aromatic nitrogens is 2. The van der Waals surface area contributed by atoms with E-state index >= 15 is 0 Å². The fourth-order valence-electron chi connectivity index (χ4n) is 1.44. The second-order valence-electron chi connectivity index (χ2n) is 3.44. The smallest absolute Gasteiger partial charge is 0.277 e. The van der Waals surface area contributed by atoms with Gasteiger partial charge in [-0.15, -0.1) is 0 Å². The lowest BCUT2D eigenvalue weighted by Gasteiger charge is -2.01. The van der Waals surface area contributed by atoms with Crippen molar-refractivity contribution < 1.29 is 14.5 Å². The Balaban J connectivity index is 2.49. The van der Waals surface area contributed by atoms with Crippen LogP contribution in [0.15, 0.2) is 42.9 Å². The van der Waals surface area contributed by atoms with E-state index in [0.717, 1.165) is 16.0 Å². The summed E-state index contributed by atoms with van der Waals surface area (Å²) in [5.74, 6) is 0.672. The highest BCUT2D eigenvalue weighted by Gasteiger charge is 2.08. The highest BCUT2D eigenvalue weighted by molar-refractivity contribution is 5.29. The minimum atomic E-state index is 0.672. The molecule has 76 valence electrons. The van der Waals surface area contributed by atoms with Crippen molar-refractivity contribution >= 4 is 5.82 Å². The zero-order valence-electron chi connectivity index (χ0n) is 8.46. The lowest BCUT2D eigenvalue weighted by molar-refractivity contribution is -0.905. The van der Waals surface area contributed by atoms with Crippen LogP contribution in [0.25, 0.3) is 5.69 Å². The molecule has 2 heterocycles. The number of anilines is 1. The van der Waals surface area contributed by atoms with Crippen molar-refractivity contribution in [2.45, 2.75) is 6.92 Å². The minimum absolute atomic E-state index is 0.672. The molecule has 0 aliphatic rings. The van der Waals surface area contributed by atoms with Gasteiger partial charge in [-0.25, -0.2) is 0 Å². The molecule has 4 heteroatoms. The van der Waals surface area contributed by atoms with Crippen molar-refractivity contribution in [3.8, 4) is 5.69 Å². The molecule has 0 aliphatic carbocycles. The zero-order chi connectivity index (χ0) is 10.8. The molecule has 0 atom stereocenters. The number of nitrogens with zero attached hydrogens (tertiary/aromatic N) is 2. The van der Waals surface area contributed by atoms with E-state index in [-0.39, 0.29) is 0 Å². The molecule has 0 unspecified atom stereocenters. The van der Waals surface area contributed by atoms with Gasteiger partial charge in [-0.1, -0.05) is 0 Å². The van der Waals surface area contributed by atoms with Gasteiger partial charge in [-0.05, 0) is 18.6 Å². The van der Waals surface area contributed by atoms with E-state index in [2.05, 4.69) is 0 Å². The molecule has 0 amide bonds. The Labute approximate surface area is 87.8 Å². The predicted octanol–water partition coefficient (Wildman–Crippen LogP) is 0.379. The first kappa shape index (κ1) is 9.45. The largest absolute Gasteiger partial charge is 0.287 e. The second kappa shape index (κ2) is 3.57. The highest BCUT2D eigenvalue weighted by Crippen LogP contribution is 2.03. The van der Waals surface area contributed by atoms with Crippen LogP contribution in [0, 0.1) is 6.92 Å². The van der Waals surface area contributed by atoms with E-state index in [9.17, 15) is 0 Å². The molecule has 4 nitrogen and oxygen atoms in total. The molecule has 2 aromatic rings. The van der Waals surface area contributed by atoms with Gasteiger partial charge in [-0.3, -0.25) is 10.9 Å². The standard InChI is InChI=1S/C11H12N3O/c1-9-2-7-14(11(12)8-9)10-3-5-13(15)6-4-10/h2-8,12,15H,1H3/q+1/p+1. The molecular weight excluding hydrogens is 190 g/mol. The average molecular weight is 203 g/mol. The molecule has 0 fully saturated rings. The molecule has 0 radical (unpaired) electrons. The fourth-order valence-corrected chi connectivity index (χ4v) is 1.44. The Hall–Kier alpha value is -2.10. The van der Waals surface area contributed by atoms with E-state index in [1.165, 1.54) is 0 Å². The van der Waals surface area contributed by atoms with Crippen molar-refractivity contribution in [2.24, 2.45) is 0 Å². The molecule has 0 aliphatic heterocycles. The summed E-state index contributed by atoms with van der Waals surface area (Å²) in [5.41, 5.74) is 7.92. The summed E-state index contributed by atoms with van der Waals surface area (Å²) in [5, 5.41) is 9.09. The van der Waals surface area contributed by atoms with E-state index in [0.29, 0.717) is 5.82 Å². The van der Waals surface area contributed by atoms with E-state index < -0.39 is 0 Å². The van der Waals surface area contributed by atoms with E-state index in [4.69, 9.17) is 10.9 Å².